The molecule has 2 N–H and O–H groups in total. The molecule has 0 radical (unpaired) electrons. The van der Waals surface area contributed by atoms with Gasteiger partial charge in [0.05, 0.1) is 11.8 Å². The molecular weight excluding hydrogens is 232 g/mol. The fourth-order valence-electron chi connectivity index (χ4n) is 3.10. The third kappa shape index (κ3) is 4.00. The number of carbonyl (C=O) groups is 2. The lowest BCUT2D eigenvalue weighted by molar-refractivity contribution is -0.157. The van der Waals surface area contributed by atoms with E-state index in [0.29, 0.717) is 6.42 Å². The topological polar surface area (TPSA) is 74.6 Å². The molecule has 1 rings (SSSR count). The molecule has 0 heterocycles. The van der Waals surface area contributed by atoms with Crippen LogP contribution in [0.15, 0.2) is 0 Å². The van der Waals surface area contributed by atoms with Crippen LogP contribution in [0.4, 0.5) is 0 Å². The van der Waals surface area contributed by atoms with E-state index in [1.807, 2.05) is 13.8 Å². The van der Waals surface area contributed by atoms with E-state index in [1.54, 1.807) is 0 Å². The second-order valence-electron chi connectivity index (χ2n) is 5.84. The van der Waals surface area contributed by atoms with E-state index >= 15 is 0 Å². The highest BCUT2D eigenvalue weighted by Gasteiger charge is 2.39. The van der Waals surface area contributed by atoms with Crippen molar-refractivity contribution in [2.75, 3.05) is 0 Å². The van der Waals surface area contributed by atoms with Gasteiger partial charge in [-0.15, -0.1) is 0 Å². The number of carboxylic acids is 2. The highest BCUT2D eigenvalue weighted by molar-refractivity contribution is 5.80. The Balaban J connectivity index is 2.85. The minimum Gasteiger partial charge on any atom is -0.481 e. The Hall–Kier alpha value is -1.06. The summed E-state index contributed by atoms with van der Waals surface area (Å²) in [7, 11) is 0. The Labute approximate surface area is 108 Å². The average molecular weight is 256 g/mol. The zero-order valence-corrected chi connectivity index (χ0v) is 11.3. The molecule has 0 aromatic heterocycles. The van der Waals surface area contributed by atoms with E-state index in [9.17, 15) is 19.8 Å². The molecule has 18 heavy (non-hydrogen) atoms. The standard InChI is InChI=1S/C14H24O4/c1-9(2)8-11(13(15)16)12(14(17)18)10-6-4-3-5-7-10/h9-12H,3-8H2,1-2H3,(H,15,16)(H,17,18). The maximum Gasteiger partial charge on any atom is 0.307 e. The minimum atomic E-state index is -0.957. The maximum atomic E-state index is 11.5. The van der Waals surface area contributed by atoms with Crippen LogP contribution in [0.25, 0.3) is 0 Å². The largest absolute Gasteiger partial charge is 0.481 e. The molecule has 0 aliphatic heterocycles. The van der Waals surface area contributed by atoms with Crippen LogP contribution >= 0.6 is 0 Å². The van der Waals surface area contributed by atoms with E-state index in [0.717, 1.165) is 32.1 Å². The minimum absolute atomic E-state index is 0.0381. The van der Waals surface area contributed by atoms with Crippen LogP contribution in [0.1, 0.15) is 52.4 Å². The van der Waals surface area contributed by atoms with Gasteiger partial charge in [0.15, 0.2) is 0 Å². The summed E-state index contributed by atoms with van der Waals surface area (Å²) in [5, 5.41) is 18.7. The molecule has 1 saturated carbocycles. The summed E-state index contributed by atoms with van der Waals surface area (Å²) in [6.45, 7) is 3.88. The molecule has 4 heteroatoms. The van der Waals surface area contributed by atoms with E-state index < -0.39 is 23.8 Å². The molecule has 0 spiro atoms. The molecule has 1 aliphatic rings. The van der Waals surface area contributed by atoms with Crippen LogP contribution in [-0.2, 0) is 9.59 Å². The molecule has 0 bridgehead atoms. The fraction of sp³-hybridized carbons (Fsp3) is 0.857. The van der Waals surface area contributed by atoms with Gasteiger partial charge in [-0.25, -0.2) is 0 Å². The van der Waals surface area contributed by atoms with Crippen molar-refractivity contribution in [2.24, 2.45) is 23.7 Å². The first-order valence-corrected chi connectivity index (χ1v) is 6.89. The summed E-state index contributed by atoms with van der Waals surface area (Å²) in [5.74, 6) is -3.11. The third-order valence-electron chi connectivity index (χ3n) is 3.92. The third-order valence-corrected chi connectivity index (χ3v) is 3.92. The molecular formula is C14H24O4. The number of hydrogen-bond acceptors (Lipinski definition) is 2. The fourth-order valence-corrected chi connectivity index (χ4v) is 3.10. The van der Waals surface area contributed by atoms with E-state index in [2.05, 4.69) is 0 Å². The summed E-state index contributed by atoms with van der Waals surface area (Å²) in [4.78, 5) is 22.8. The van der Waals surface area contributed by atoms with Gasteiger partial charge in [0.25, 0.3) is 0 Å². The Bertz CT molecular complexity index is 292. The first-order chi connectivity index (χ1) is 8.43. The highest BCUT2D eigenvalue weighted by atomic mass is 16.4. The molecule has 0 saturated heterocycles. The van der Waals surface area contributed by atoms with Gasteiger partial charge >= 0.3 is 11.9 Å². The van der Waals surface area contributed by atoms with Crippen molar-refractivity contribution >= 4 is 11.9 Å². The number of carboxylic acid groups (broad SMARTS) is 2. The average Bonchev–Trinajstić information content (AvgIpc) is 2.28. The molecule has 4 nitrogen and oxygen atoms in total. The molecule has 0 aromatic carbocycles. The van der Waals surface area contributed by atoms with Crippen molar-refractivity contribution in [2.45, 2.75) is 52.4 Å². The molecule has 0 amide bonds. The highest BCUT2D eigenvalue weighted by Crippen LogP contribution is 2.36. The number of aliphatic carboxylic acids is 2. The summed E-state index contributed by atoms with van der Waals surface area (Å²) < 4.78 is 0. The van der Waals surface area contributed by atoms with Crippen molar-refractivity contribution < 1.29 is 19.8 Å². The van der Waals surface area contributed by atoms with Gasteiger partial charge in [0, 0.05) is 0 Å². The molecule has 1 fully saturated rings. The van der Waals surface area contributed by atoms with Gasteiger partial charge < -0.3 is 10.2 Å². The van der Waals surface area contributed by atoms with Crippen LogP contribution in [0.2, 0.25) is 0 Å². The Morgan fingerprint density at radius 2 is 1.61 bits per heavy atom. The van der Waals surface area contributed by atoms with E-state index in [4.69, 9.17) is 0 Å². The maximum absolute atomic E-state index is 11.5. The van der Waals surface area contributed by atoms with E-state index in [-0.39, 0.29) is 11.8 Å². The monoisotopic (exact) mass is 256 g/mol. The summed E-state index contributed by atoms with van der Waals surface area (Å²) >= 11 is 0. The lowest BCUT2D eigenvalue weighted by Crippen LogP contribution is -2.37. The van der Waals surface area contributed by atoms with Gasteiger partial charge in [0.1, 0.15) is 0 Å². The van der Waals surface area contributed by atoms with Crippen LogP contribution in [0.5, 0.6) is 0 Å². The van der Waals surface area contributed by atoms with Crippen molar-refractivity contribution in [1.82, 2.24) is 0 Å². The molecule has 2 atom stereocenters. The smallest absolute Gasteiger partial charge is 0.307 e. The zero-order valence-electron chi connectivity index (χ0n) is 11.3. The van der Waals surface area contributed by atoms with E-state index in [1.165, 1.54) is 0 Å². The zero-order chi connectivity index (χ0) is 13.7. The van der Waals surface area contributed by atoms with Gasteiger partial charge in [-0.3, -0.25) is 9.59 Å². The normalized spacial score (nSPS) is 20.6. The van der Waals surface area contributed by atoms with Crippen molar-refractivity contribution in [3.63, 3.8) is 0 Å². The van der Waals surface area contributed by atoms with Crippen LogP contribution in [0, 0.1) is 23.7 Å². The predicted octanol–water partition coefficient (Wildman–Crippen LogP) is 3.01. The molecule has 1 aliphatic carbocycles. The van der Waals surface area contributed by atoms with Gasteiger partial charge in [0.2, 0.25) is 0 Å². The molecule has 0 aromatic rings. The quantitative estimate of drug-likeness (QED) is 0.766. The Morgan fingerprint density at radius 3 is 2.00 bits per heavy atom. The van der Waals surface area contributed by atoms with Crippen LogP contribution in [0.3, 0.4) is 0 Å². The van der Waals surface area contributed by atoms with Crippen molar-refractivity contribution in [1.29, 1.82) is 0 Å². The lowest BCUT2D eigenvalue weighted by atomic mass is 9.72. The Kier molecular flexibility index (Phi) is 5.63. The lowest BCUT2D eigenvalue weighted by Gasteiger charge is -2.31. The van der Waals surface area contributed by atoms with Crippen LogP contribution in [-0.4, -0.2) is 22.2 Å². The summed E-state index contributed by atoms with van der Waals surface area (Å²) in [6, 6.07) is 0. The van der Waals surface area contributed by atoms with Crippen molar-refractivity contribution in [3.8, 4) is 0 Å². The predicted molar refractivity (Wildman–Crippen MR) is 68.3 cm³/mol. The summed E-state index contributed by atoms with van der Waals surface area (Å²) in [6.07, 6.45) is 5.37. The second kappa shape index (κ2) is 6.76. The summed E-state index contributed by atoms with van der Waals surface area (Å²) in [5.41, 5.74) is 0. The van der Waals surface area contributed by atoms with Crippen LogP contribution < -0.4 is 0 Å². The van der Waals surface area contributed by atoms with Gasteiger partial charge in [-0.05, 0) is 31.1 Å². The second-order valence-corrected chi connectivity index (χ2v) is 5.84. The molecule has 104 valence electrons. The van der Waals surface area contributed by atoms with Gasteiger partial charge in [-0.1, -0.05) is 33.1 Å². The molecule has 2 unspecified atom stereocenters. The SMILES string of the molecule is CC(C)CC(C(=O)O)C(C(=O)O)C1CCCCC1. The number of hydrogen-bond donors (Lipinski definition) is 2. The van der Waals surface area contributed by atoms with Gasteiger partial charge in [-0.2, -0.15) is 0 Å². The van der Waals surface area contributed by atoms with Crippen molar-refractivity contribution in [3.05, 3.63) is 0 Å². The first kappa shape index (κ1) is 15.0. The number of rotatable bonds is 6. The Morgan fingerprint density at radius 1 is 1.06 bits per heavy atom. The first-order valence-electron chi connectivity index (χ1n) is 6.89.